The third-order valence-electron chi connectivity index (χ3n) is 4.05. The normalized spacial score (nSPS) is 13.0. The Hall–Kier alpha value is -2.73. The fourth-order valence-corrected chi connectivity index (χ4v) is 2.74. The van der Waals surface area contributed by atoms with Crippen molar-refractivity contribution in [1.82, 2.24) is 10.2 Å². The highest BCUT2D eigenvalue weighted by atomic mass is 35.5. The Morgan fingerprint density at radius 2 is 1.92 bits per heavy atom. The van der Waals surface area contributed by atoms with Gasteiger partial charge in [-0.2, -0.15) is 0 Å². The summed E-state index contributed by atoms with van der Waals surface area (Å²) in [7, 11) is 0. The first-order chi connectivity index (χ1) is 12.1. The number of nitrogens with zero attached hydrogens (tertiary/aromatic N) is 2. The van der Waals surface area contributed by atoms with Crippen molar-refractivity contribution >= 4 is 30.0 Å². The number of anilines is 1. The maximum absolute atomic E-state index is 12.0. The van der Waals surface area contributed by atoms with Gasteiger partial charge in [0.2, 0.25) is 0 Å². The van der Waals surface area contributed by atoms with Gasteiger partial charge in [0, 0.05) is 25.3 Å². The van der Waals surface area contributed by atoms with Crippen molar-refractivity contribution < 1.29 is 9.90 Å². The minimum atomic E-state index is -0.232. The number of hydrogen-bond donors (Lipinski definition) is 3. The minimum Gasteiger partial charge on any atom is -0.507 e. The SMILES string of the molecule is Cc1ccc(NC(=O)NCCN2CCN=C2c2ccccc2O)cc1.Cl. The van der Waals surface area contributed by atoms with Gasteiger partial charge in [0.15, 0.2) is 0 Å². The summed E-state index contributed by atoms with van der Waals surface area (Å²) < 4.78 is 0. The largest absolute Gasteiger partial charge is 0.507 e. The number of urea groups is 1. The van der Waals surface area contributed by atoms with Crippen molar-refractivity contribution in [2.75, 3.05) is 31.5 Å². The van der Waals surface area contributed by atoms with E-state index in [1.165, 1.54) is 0 Å². The summed E-state index contributed by atoms with van der Waals surface area (Å²) in [6.45, 7) is 4.60. The van der Waals surface area contributed by atoms with Crippen LogP contribution in [0.4, 0.5) is 10.5 Å². The zero-order valence-electron chi connectivity index (χ0n) is 14.6. The van der Waals surface area contributed by atoms with Crippen molar-refractivity contribution in [3.8, 4) is 5.75 Å². The van der Waals surface area contributed by atoms with E-state index in [4.69, 9.17) is 0 Å². The summed E-state index contributed by atoms with van der Waals surface area (Å²) in [6.07, 6.45) is 0. The molecule has 0 unspecified atom stereocenters. The van der Waals surface area contributed by atoms with Crippen molar-refractivity contribution in [1.29, 1.82) is 0 Å². The molecule has 0 saturated heterocycles. The Morgan fingerprint density at radius 3 is 2.65 bits per heavy atom. The molecular formula is C19H23ClN4O2. The van der Waals surface area contributed by atoms with E-state index in [9.17, 15) is 9.90 Å². The first-order valence-electron chi connectivity index (χ1n) is 8.33. The van der Waals surface area contributed by atoms with Gasteiger partial charge >= 0.3 is 6.03 Å². The first kappa shape index (κ1) is 19.6. The van der Waals surface area contributed by atoms with Crippen LogP contribution >= 0.6 is 12.4 Å². The summed E-state index contributed by atoms with van der Waals surface area (Å²) in [4.78, 5) is 18.5. The molecule has 0 aliphatic carbocycles. The van der Waals surface area contributed by atoms with E-state index in [1.807, 2.05) is 43.3 Å². The number of carbonyl (C=O) groups is 1. The van der Waals surface area contributed by atoms with Gasteiger partial charge in [-0.1, -0.05) is 29.8 Å². The molecule has 0 aromatic heterocycles. The molecule has 0 spiro atoms. The average molecular weight is 375 g/mol. The highest BCUT2D eigenvalue weighted by Crippen LogP contribution is 2.20. The number of aromatic hydroxyl groups is 1. The fraction of sp³-hybridized carbons (Fsp3) is 0.263. The van der Waals surface area contributed by atoms with Crippen LogP contribution in [0.1, 0.15) is 11.1 Å². The molecule has 2 aromatic carbocycles. The van der Waals surface area contributed by atoms with Crippen molar-refractivity contribution in [3.05, 3.63) is 59.7 Å². The second-order valence-electron chi connectivity index (χ2n) is 5.96. The van der Waals surface area contributed by atoms with Crippen LogP contribution in [0.3, 0.4) is 0 Å². The molecular weight excluding hydrogens is 352 g/mol. The van der Waals surface area contributed by atoms with E-state index in [1.54, 1.807) is 12.1 Å². The van der Waals surface area contributed by atoms with E-state index < -0.39 is 0 Å². The molecule has 138 valence electrons. The zero-order valence-corrected chi connectivity index (χ0v) is 15.4. The molecule has 7 heteroatoms. The lowest BCUT2D eigenvalue weighted by Gasteiger charge is -2.21. The number of hydrogen-bond acceptors (Lipinski definition) is 4. The molecule has 6 nitrogen and oxygen atoms in total. The Kier molecular flexibility index (Phi) is 6.86. The van der Waals surface area contributed by atoms with Crippen LogP contribution in [0.25, 0.3) is 0 Å². The second-order valence-corrected chi connectivity index (χ2v) is 5.96. The highest BCUT2D eigenvalue weighted by molar-refractivity contribution is 6.02. The molecule has 2 amide bonds. The Balaban J connectivity index is 0.00000243. The summed E-state index contributed by atoms with van der Waals surface area (Å²) in [6, 6.07) is 14.6. The van der Waals surface area contributed by atoms with Crippen molar-refractivity contribution in [2.24, 2.45) is 4.99 Å². The number of carbonyl (C=O) groups excluding carboxylic acids is 1. The number of rotatable bonds is 5. The van der Waals surface area contributed by atoms with E-state index in [0.717, 1.165) is 29.2 Å². The van der Waals surface area contributed by atoms with Crippen LogP contribution in [0, 0.1) is 6.92 Å². The molecule has 26 heavy (non-hydrogen) atoms. The predicted octanol–water partition coefficient (Wildman–Crippen LogP) is 3.01. The average Bonchev–Trinajstić information content (AvgIpc) is 3.06. The molecule has 0 atom stereocenters. The Bertz CT molecular complexity index is 777. The molecule has 0 saturated carbocycles. The van der Waals surface area contributed by atoms with Gasteiger partial charge < -0.3 is 20.6 Å². The zero-order chi connectivity index (χ0) is 17.6. The topological polar surface area (TPSA) is 77.0 Å². The third kappa shape index (κ3) is 4.89. The van der Waals surface area contributed by atoms with Gasteiger partial charge in [-0.05, 0) is 31.2 Å². The Labute approximate surface area is 159 Å². The number of aliphatic imine (C=N–C) groups is 1. The molecule has 3 N–H and O–H groups in total. The van der Waals surface area contributed by atoms with Crippen LogP contribution in [0.15, 0.2) is 53.5 Å². The van der Waals surface area contributed by atoms with Crippen LogP contribution in [-0.4, -0.2) is 48.1 Å². The number of aryl methyl sites for hydroxylation is 1. The summed E-state index contributed by atoms with van der Waals surface area (Å²) in [5, 5.41) is 15.7. The quantitative estimate of drug-likeness (QED) is 0.752. The number of halogens is 1. The van der Waals surface area contributed by atoms with E-state index in [2.05, 4.69) is 20.5 Å². The van der Waals surface area contributed by atoms with Gasteiger partial charge in [-0.3, -0.25) is 4.99 Å². The lowest BCUT2D eigenvalue weighted by atomic mass is 10.1. The van der Waals surface area contributed by atoms with E-state index in [-0.39, 0.29) is 24.2 Å². The van der Waals surface area contributed by atoms with Crippen LogP contribution < -0.4 is 10.6 Å². The number of nitrogens with one attached hydrogen (secondary N) is 2. The van der Waals surface area contributed by atoms with Gasteiger partial charge in [0.1, 0.15) is 11.6 Å². The lowest BCUT2D eigenvalue weighted by molar-refractivity contribution is 0.251. The Morgan fingerprint density at radius 1 is 1.19 bits per heavy atom. The van der Waals surface area contributed by atoms with Gasteiger partial charge in [-0.25, -0.2) is 4.79 Å². The standard InChI is InChI=1S/C19H22N4O2.ClH/c1-14-6-8-15(9-7-14)22-19(25)21-11-13-23-12-10-20-18(23)16-4-2-3-5-17(16)24;/h2-9,24H,10-13H2,1H3,(H2,21,22,25);1H. The van der Waals surface area contributed by atoms with E-state index in [0.29, 0.717) is 19.6 Å². The van der Waals surface area contributed by atoms with Gasteiger partial charge in [0.05, 0.1) is 12.1 Å². The highest BCUT2D eigenvalue weighted by Gasteiger charge is 2.20. The van der Waals surface area contributed by atoms with Crippen LogP contribution in [0.2, 0.25) is 0 Å². The van der Waals surface area contributed by atoms with Crippen LogP contribution in [-0.2, 0) is 0 Å². The summed E-state index contributed by atoms with van der Waals surface area (Å²) in [5.74, 6) is 0.997. The van der Waals surface area contributed by atoms with Crippen molar-refractivity contribution in [3.63, 3.8) is 0 Å². The molecule has 0 fully saturated rings. The maximum Gasteiger partial charge on any atom is 0.319 e. The predicted molar refractivity (Wildman–Crippen MR) is 107 cm³/mol. The molecule has 1 aliphatic rings. The maximum atomic E-state index is 12.0. The fourth-order valence-electron chi connectivity index (χ4n) is 2.74. The molecule has 2 aromatic rings. The van der Waals surface area contributed by atoms with Crippen LogP contribution in [0.5, 0.6) is 5.75 Å². The number of amidine groups is 1. The molecule has 0 bridgehead atoms. The second kappa shape index (κ2) is 9.10. The third-order valence-corrected chi connectivity index (χ3v) is 4.05. The molecule has 1 aliphatic heterocycles. The first-order valence-corrected chi connectivity index (χ1v) is 8.33. The molecule has 3 rings (SSSR count). The van der Waals surface area contributed by atoms with E-state index >= 15 is 0 Å². The monoisotopic (exact) mass is 374 g/mol. The summed E-state index contributed by atoms with van der Waals surface area (Å²) in [5.41, 5.74) is 2.64. The number of para-hydroxylation sites is 1. The number of phenols is 1. The number of benzene rings is 2. The van der Waals surface area contributed by atoms with Gasteiger partial charge in [0.25, 0.3) is 0 Å². The lowest BCUT2D eigenvalue weighted by Crippen LogP contribution is -2.38. The minimum absolute atomic E-state index is 0. The number of phenolic OH excluding ortho intramolecular Hbond substituents is 1. The van der Waals surface area contributed by atoms with Crippen molar-refractivity contribution in [2.45, 2.75) is 6.92 Å². The molecule has 1 heterocycles. The molecule has 0 radical (unpaired) electrons. The number of amides is 2. The summed E-state index contributed by atoms with van der Waals surface area (Å²) >= 11 is 0. The smallest absolute Gasteiger partial charge is 0.319 e. The van der Waals surface area contributed by atoms with Gasteiger partial charge in [-0.15, -0.1) is 12.4 Å².